The second kappa shape index (κ2) is 7.66. The van der Waals surface area contributed by atoms with Crippen LogP contribution >= 0.6 is 11.6 Å². The molecule has 0 unspecified atom stereocenters. The van der Waals surface area contributed by atoms with Gasteiger partial charge in [0.1, 0.15) is 5.69 Å². The lowest BCUT2D eigenvalue weighted by molar-refractivity contribution is -0.115. The van der Waals surface area contributed by atoms with Crippen LogP contribution in [0.15, 0.2) is 42.6 Å². The van der Waals surface area contributed by atoms with E-state index in [1.165, 1.54) is 18.5 Å². The molecular formula is C19H19ClN4O2. The molecule has 26 heavy (non-hydrogen) atoms. The molecule has 0 radical (unpaired) electrons. The monoisotopic (exact) mass is 370 g/mol. The average molecular weight is 371 g/mol. The Bertz CT molecular complexity index is 849. The maximum absolute atomic E-state index is 12.4. The highest BCUT2D eigenvalue weighted by Gasteiger charge is 2.36. The smallest absolute Gasteiger partial charge is 0.270 e. The Balaban J connectivity index is 1.65. The van der Waals surface area contributed by atoms with Crippen molar-refractivity contribution in [1.29, 1.82) is 5.41 Å². The summed E-state index contributed by atoms with van der Waals surface area (Å²) >= 11 is 6.07. The van der Waals surface area contributed by atoms with Gasteiger partial charge in [0.05, 0.1) is 12.0 Å². The molecule has 1 heterocycles. The van der Waals surface area contributed by atoms with Crippen LogP contribution in [0.1, 0.15) is 35.3 Å². The van der Waals surface area contributed by atoms with Gasteiger partial charge in [-0.3, -0.25) is 14.6 Å². The van der Waals surface area contributed by atoms with Crippen molar-refractivity contribution in [3.63, 3.8) is 0 Å². The van der Waals surface area contributed by atoms with Crippen LogP contribution in [0, 0.1) is 5.41 Å². The molecule has 1 aliphatic carbocycles. The molecule has 1 fully saturated rings. The van der Waals surface area contributed by atoms with Gasteiger partial charge in [-0.1, -0.05) is 29.8 Å². The molecule has 0 bridgehead atoms. The highest BCUT2D eigenvalue weighted by molar-refractivity contribution is 6.31. The SMILES string of the molecule is N=CC1(NC(=O)c2cc(NC(=O)Cc3ccccc3Cl)ccn2)CCC1. The summed E-state index contributed by atoms with van der Waals surface area (Å²) < 4.78 is 0. The van der Waals surface area contributed by atoms with Crippen molar-refractivity contribution in [2.75, 3.05) is 5.32 Å². The molecule has 1 aromatic carbocycles. The lowest BCUT2D eigenvalue weighted by Gasteiger charge is -2.38. The standard InChI is InChI=1S/C19H19ClN4O2/c20-15-5-2-1-4-13(15)10-17(25)23-14-6-9-22-16(11-14)18(26)24-19(12-21)7-3-8-19/h1-2,4-6,9,11-12,21H,3,7-8,10H2,(H,24,26)(H,22,23,25). The minimum atomic E-state index is -0.553. The number of nitrogens with one attached hydrogen (secondary N) is 3. The molecule has 0 saturated heterocycles. The molecule has 1 saturated carbocycles. The molecule has 2 aromatic rings. The Kier molecular flexibility index (Phi) is 5.32. The van der Waals surface area contributed by atoms with E-state index in [9.17, 15) is 9.59 Å². The Morgan fingerprint density at radius 3 is 2.69 bits per heavy atom. The Hall–Kier alpha value is -2.73. The third-order valence-corrected chi connectivity index (χ3v) is 4.84. The van der Waals surface area contributed by atoms with Crippen LogP contribution in [0.3, 0.4) is 0 Å². The highest BCUT2D eigenvalue weighted by atomic mass is 35.5. The minimum absolute atomic E-state index is 0.139. The number of nitrogens with zero attached hydrogens (tertiary/aromatic N) is 1. The summed E-state index contributed by atoms with van der Waals surface area (Å²) in [6.45, 7) is 0. The van der Waals surface area contributed by atoms with Crippen molar-refractivity contribution in [1.82, 2.24) is 10.3 Å². The largest absolute Gasteiger partial charge is 0.340 e. The number of anilines is 1. The van der Waals surface area contributed by atoms with Crippen molar-refractivity contribution >= 4 is 35.3 Å². The van der Waals surface area contributed by atoms with E-state index in [1.54, 1.807) is 24.3 Å². The lowest BCUT2D eigenvalue weighted by atomic mass is 9.77. The van der Waals surface area contributed by atoms with E-state index < -0.39 is 5.54 Å². The molecule has 3 rings (SSSR count). The topological polar surface area (TPSA) is 94.9 Å². The van der Waals surface area contributed by atoms with Gasteiger partial charge >= 0.3 is 0 Å². The summed E-state index contributed by atoms with van der Waals surface area (Å²) in [5.74, 6) is -0.582. The van der Waals surface area contributed by atoms with E-state index in [0.717, 1.165) is 24.8 Å². The summed E-state index contributed by atoms with van der Waals surface area (Å²) in [6.07, 6.45) is 5.40. The number of carbonyl (C=O) groups is 2. The van der Waals surface area contributed by atoms with Gasteiger partial charge in [-0.15, -0.1) is 0 Å². The first-order valence-electron chi connectivity index (χ1n) is 8.35. The summed E-state index contributed by atoms with van der Waals surface area (Å²) in [4.78, 5) is 28.7. The molecule has 0 aliphatic heterocycles. The zero-order chi connectivity index (χ0) is 18.6. The zero-order valence-corrected chi connectivity index (χ0v) is 14.8. The molecule has 6 nitrogen and oxygen atoms in total. The number of amides is 2. The van der Waals surface area contributed by atoms with Crippen LogP contribution in [0.4, 0.5) is 5.69 Å². The molecular weight excluding hydrogens is 352 g/mol. The van der Waals surface area contributed by atoms with Crippen LogP contribution in [-0.4, -0.2) is 28.6 Å². The number of hydrogen-bond acceptors (Lipinski definition) is 4. The van der Waals surface area contributed by atoms with Gasteiger partial charge in [0.15, 0.2) is 0 Å². The Morgan fingerprint density at radius 2 is 2.04 bits per heavy atom. The third kappa shape index (κ3) is 4.08. The van der Waals surface area contributed by atoms with Crippen LogP contribution in [0.2, 0.25) is 5.02 Å². The highest BCUT2D eigenvalue weighted by Crippen LogP contribution is 2.30. The molecule has 7 heteroatoms. The van der Waals surface area contributed by atoms with Crippen molar-refractivity contribution in [2.45, 2.75) is 31.2 Å². The van der Waals surface area contributed by atoms with E-state index in [2.05, 4.69) is 15.6 Å². The van der Waals surface area contributed by atoms with Gasteiger partial charge in [0.2, 0.25) is 5.91 Å². The normalized spacial score (nSPS) is 14.8. The van der Waals surface area contributed by atoms with Gasteiger partial charge in [0.25, 0.3) is 5.91 Å². The quantitative estimate of drug-likeness (QED) is 0.681. The average Bonchev–Trinajstić information content (AvgIpc) is 2.60. The van der Waals surface area contributed by atoms with Crippen molar-refractivity contribution in [2.24, 2.45) is 0 Å². The fraction of sp³-hybridized carbons (Fsp3) is 0.263. The number of hydrogen-bond donors (Lipinski definition) is 3. The molecule has 134 valence electrons. The minimum Gasteiger partial charge on any atom is -0.340 e. The van der Waals surface area contributed by atoms with Crippen molar-refractivity contribution in [3.8, 4) is 0 Å². The summed E-state index contributed by atoms with van der Waals surface area (Å²) in [7, 11) is 0. The lowest BCUT2D eigenvalue weighted by Crippen LogP contribution is -2.54. The van der Waals surface area contributed by atoms with E-state index >= 15 is 0 Å². The fourth-order valence-corrected chi connectivity index (χ4v) is 3.01. The molecule has 0 spiro atoms. The fourth-order valence-electron chi connectivity index (χ4n) is 2.81. The zero-order valence-electron chi connectivity index (χ0n) is 14.1. The van der Waals surface area contributed by atoms with Gasteiger partial charge in [-0.2, -0.15) is 0 Å². The van der Waals surface area contributed by atoms with E-state index in [0.29, 0.717) is 10.7 Å². The maximum Gasteiger partial charge on any atom is 0.270 e. The Labute approximate surface area is 156 Å². The van der Waals surface area contributed by atoms with E-state index in [-0.39, 0.29) is 23.9 Å². The molecule has 2 amide bonds. The number of aromatic nitrogens is 1. The van der Waals surface area contributed by atoms with Crippen LogP contribution in [-0.2, 0) is 11.2 Å². The molecule has 3 N–H and O–H groups in total. The van der Waals surface area contributed by atoms with Crippen molar-refractivity contribution in [3.05, 3.63) is 58.9 Å². The Morgan fingerprint density at radius 1 is 1.27 bits per heavy atom. The van der Waals surface area contributed by atoms with E-state index in [1.807, 2.05) is 6.07 Å². The van der Waals surface area contributed by atoms with Gasteiger partial charge in [-0.05, 0) is 43.0 Å². The summed E-state index contributed by atoms with van der Waals surface area (Å²) in [5.41, 5.74) is 0.868. The van der Waals surface area contributed by atoms with Gasteiger partial charge in [0, 0.05) is 23.1 Å². The predicted octanol–water partition coefficient (Wildman–Crippen LogP) is 3.22. The summed E-state index contributed by atoms with van der Waals surface area (Å²) in [6, 6.07) is 10.3. The molecule has 1 aliphatic rings. The van der Waals surface area contributed by atoms with Crippen LogP contribution in [0.25, 0.3) is 0 Å². The number of rotatable bonds is 6. The second-order valence-corrected chi connectivity index (χ2v) is 6.76. The molecule has 0 atom stereocenters. The predicted molar refractivity (Wildman–Crippen MR) is 101 cm³/mol. The third-order valence-electron chi connectivity index (χ3n) is 4.47. The van der Waals surface area contributed by atoms with Crippen LogP contribution in [0.5, 0.6) is 0 Å². The molecule has 1 aromatic heterocycles. The first-order chi connectivity index (χ1) is 12.5. The summed E-state index contributed by atoms with van der Waals surface area (Å²) in [5, 5.41) is 13.6. The van der Waals surface area contributed by atoms with Crippen molar-refractivity contribution < 1.29 is 9.59 Å². The number of benzene rings is 1. The van der Waals surface area contributed by atoms with Crippen LogP contribution < -0.4 is 10.6 Å². The number of carbonyl (C=O) groups excluding carboxylic acids is 2. The first-order valence-corrected chi connectivity index (χ1v) is 8.73. The second-order valence-electron chi connectivity index (χ2n) is 6.35. The van der Waals surface area contributed by atoms with E-state index in [4.69, 9.17) is 17.0 Å². The first kappa shape index (κ1) is 18.1. The number of pyridine rings is 1. The maximum atomic E-state index is 12.4. The number of halogens is 1. The van der Waals surface area contributed by atoms with Gasteiger partial charge < -0.3 is 16.0 Å². The van der Waals surface area contributed by atoms with Gasteiger partial charge in [-0.25, -0.2) is 0 Å².